The van der Waals surface area contributed by atoms with Crippen molar-refractivity contribution in [3.63, 3.8) is 0 Å². The van der Waals surface area contributed by atoms with Crippen molar-refractivity contribution in [2.75, 3.05) is 10.2 Å². The van der Waals surface area contributed by atoms with Crippen LogP contribution in [0.5, 0.6) is 0 Å². The molecule has 0 aliphatic heterocycles. The van der Waals surface area contributed by atoms with Crippen molar-refractivity contribution in [2.24, 2.45) is 7.05 Å². The molecule has 1 amide bonds. The number of anilines is 4. The molecular weight excluding hydrogens is 507 g/mol. The number of nitrogens with zero attached hydrogens (tertiary/aromatic N) is 4. The highest BCUT2D eigenvalue weighted by Gasteiger charge is 2.23. The fourth-order valence-corrected chi connectivity index (χ4v) is 4.32. The third kappa shape index (κ3) is 5.26. The molecule has 0 aliphatic rings. The zero-order valence-corrected chi connectivity index (χ0v) is 22.6. The number of hydrogen-bond donors (Lipinski definition) is 2. The summed E-state index contributed by atoms with van der Waals surface area (Å²) in [7, 11) is 1.58. The van der Waals surface area contributed by atoms with Crippen LogP contribution in [0.15, 0.2) is 96.3 Å². The highest BCUT2D eigenvalue weighted by molar-refractivity contribution is 6.04. The lowest BCUT2D eigenvalue weighted by Crippen LogP contribution is -2.27. The molecule has 2 aromatic heterocycles. The predicted molar refractivity (Wildman–Crippen MR) is 155 cm³/mol. The fraction of sp³-hybridized carbons (Fsp3) is 0.161. The second kappa shape index (κ2) is 10.6. The largest absolute Gasteiger partial charge is 0.349 e. The predicted octanol–water partition coefficient (Wildman–Crippen LogP) is 6.33. The Labute approximate surface area is 231 Å². The average Bonchev–Trinajstić information content (AvgIpc) is 3.47. The van der Waals surface area contributed by atoms with E-state index >= 15 is 4.39 Å². The molecule has 8 nitrogen and oxygen atoms in total. The van der Waals surface area contributed by atoms with Gasteiger partial charge in [-0.25, -0.2) is 14.4 Å². The Bertz CT molecular complexity index is 1710. The first-order chi connectivity index (χ1) is 19.1. The van der Waals surface area contributed by atoms with Crippen molar-refractivity contribution in [1.82, 2.24) is 19.5 Å². The number of carbonyl (C=O) groups excluding carboxylic acids is 1. The standard InChI is InChI=1S/C31H29FN6O2/c1-31(2,3)21-15-13-20(14-16-21)29(39)36-24-12-8-11-23(27(24)32)25-18-37(4)30(40)28(35-25)38(26-17-33-19-34-26)22-9-6-5-7-10-22/h5-19H,1-4H3,(H,33,34)(H,36,39). The van der Waals surface area contributed by atoms with Gasteiger partial charge in [0.1, 0.15) is 0 Å². The van der Waals surface area contributed by atoms with E-state index in [9.17, 15) is 9.59 Å². The van der Waals surface area contributed by atoms with E-state index < -0.39 is 11.7 Å². The highest BCUT2D eigenvalue weighted by atomic mass is 19.1. The number of halogens is 1. The molecule has 5 aromatic rings. The fourth-order valence-electron chi connectivity index (χ4n) is 4.32. The van der Waals surface area contributed by atoms with Gasteiger partial charge in [0, 0.05) is 36.3 Å². The molecule has 0 radical (unpaired) electrons. The van der Waals surface area contributed by atoms with E-state index in [1.807, 2.05) is 42.5 Å². The summed E-state index contributed by atoms with van der Waals surface area (Å²) >= 11 is 0. The summed E-state index contributed by atoms with van der Waals surface area (Å²) in [6, 6.07) is 21.1. The van der Waals surface area contributed by atoms with Crippen molar-refractivity contribution in [2.45, 2.75) is 26.2 Å². The van der Waals surface area contributed by atoms with Crippen LogP contribution >= 0.6 is 0 Å². The molecule has 0 saturated heterocycles. The molecular formula is C31H29FN6O2. The van der Waals surface area contributed by atoms with Gasteiger partial charge in [-0.2, -0.15) is 0 Å². The lowest BCUT2D eigenvalue weighted by molar-refractivity contribution is 0.102. The summed E-state index contributed by atoms with van der Waals surface area (Å²) in [5.41, 5.74) is 2.08. The van der Waals surface area contributed by atoms with Crippen LogP contribution in [0.25, 0.3) is 11.3 Å². The van der Waals surface area contributed by atoms with Crippen LogP contribution in [0.2, 0.25) is 0 Å². The van der Waals surface area contributed by atoms with Crippen molar-refractivity contribution >= 4 is 28.9 Å². The first-order valence-electron chi connectivity index (χ1n) is 12.8. The molecule has 3 aromatic carbocycles. The molecule has 2 heterocycles. The number of aromatic nitrogens is 4. The number of rotatable bonds is 6. The van der Waals surface area contributed by atoms with E-state index in [0.717, 1.165) is 5.56 Å². The second-order valence-electron chi connectivity index (χ2n) is 10.4. The number of H-pyrrole nitrogens is 1. The van der Waals surface area contributed by atoms with Crippen LogP contribution in [0, 0.1) is 5.82 Å². The van der Waals surface area contributed by atoms with Gasteiger partial charge in [-0.3, -0.25) is 14.5 Å². The van der Waals surface area contributed by atoms with Crippen molar-refractivity contribution in [3.8, 4) is 11.3 Å². The Hall–Kier alpha value is -5.05. The Kier molecular flexibility index (Phi) is 7.04. The van der Waals surface area contributed by atoms with Crippen molar-refractivity contribution in [1.29, 1.82) is 0 Å². The summed E-state index contributed by atoms with van der Waals surface area (Å²) in [6.45, 7) is 6.28. The summed E-state index contributed by atoms with van der Waals surface area (Å²) < 4.78 is 17.2. The molecule has 40 heavy (non-hydrogen) atoms. The topological polar surface area (TPSA) is 95.9 Å². The summed E-state index contributed by atoms with van der Waals surface area (Å²) in [6.07, 6.45) is 4.61. The van der Waals surface area contributed by atoms with Crippen LogP contribution < -0.4 is 15.8 Å². The van der Waals surface area contributed by atoms with E-state index in [1.165, 1.54) is 23.2 Å². The molecule has 0 fully saturated rings. The molecule has 0 saturated carbocycles. The number of para-hydroxylation sites is 1. The lowest BCUT2D eigenvalue weighted by atomic mass is 9.87. The van der Waals surface area contributed by atoms with Crippen LogP contribution in [-0.2, 0) is 12.5 Å². The normalized spacial score (nSPS) is 11.3. The van der Waals surface area contributed by atoms with Gasteiger partial charge in [-0.15, -0.1) is 0 Å². The summed E-state index contributed by atoms with van der Waals surface area (Å²) in [5, 5.41) is 2.67. The number of carbonyl (C=O) groups is 1. The highest BCUT2D eigenvalue weighted by Crippen LogP contribution is 2.32. The molecule has 5 rings (SSSR count). The molecule has 0 aliphatic carbocycles. The number of aromatic amines is 1. The van der Waals surface area contributed by atoms with E-state index in [1.54, 1.807) is 42.4 Å². The van der Waals surface area contributed by atoms with E-state index in [2.05, 4.69) is 41.0 Å². The summed E-state index contributed by atoms with van der Waals surface area (Å²) in [4.78, 5) is 39.6. The quantitative estimate of drug-likeness (QED) is 0.264. The Morgan fingerprint density at radius 1 is 1.00 bits per heavy atom. The van der Waals surface area contributed by atoms with Crippen LogP contribution in [-0.4, -0.2) is 25.4 Å². The zero-order valence-electron chi connectivity index (χ0n) is 22.6. The third-order valence-electron chi connectivity index (χ3n) is 6.53. The van der Waals surface area contributed by atoms with Crippen LogP contribution in [0.4, 0.5) is 27.4 Å². The minimum Gasteiger partial charge on any atom is -0.349 e. The maximum Gasteiger partial charge on any atom is 0.294 e. The Balaban J connectivity index is 1.52. The van der Waals surface area contributed by atoms with Gasteiger partial charge in [0.05, 0.1) is 17.7 Å². The minimum atomic E-state index is -0.662. The smallest absolute Gasteiger partial charge is 0.294 e. The number of imidazole rings is 1. The van der Waals surface area contributed by atoms with Gasteiger partial charge in [-0.1, -0.05) is 57.2 Å². The monoisotopic (exact) mass is 536 g/mol. The van der Waals surface area contributed by atoms with E-state index in [4.69, 9.17) is 0 Å². The minimum absolute atomic E-state index is 0.00631. The maximum absolute atomic E-state index is 15.8. The molecule has 0 unspecified atom stereocenters. The molecule has 0 bridgehead atoms. The van der Waals surface area contributed by atoms with Crippen molar-refractivity contribution in [3.05, 3.63) is 119 Å². The number of hydrogen-bond acceptors (Lipinski definition) is 5. The van der Waals surface area contributed by atoms with Gasteiger partial charge >= 0.3 is 0 Å². The molecule has 0 spiro atoms. The summed E-state index contributed by atoms with van der Waals surface area (Å²) in [5.74, 6) is -0.595. The van der Waals surface area contributed by atoms with Crippen LogP contribution in [0.3, 0.4) is 0 Å². The Morgan fingerprint density at radius 3 is 2.38 bits per heavy atom. The maximum atomic E-state index is 15.8. The SMILES string of the molecule is Cn1cc(-c2cccc(NC(=O)c3ccc(C(C)(C)C)cc3)c2F)nc(N(c2ccccc2)c2c[nH]cn2)c1=O. The number of nitrogens with one attached hydrogen (secondary N) is 2. The first-order valence-corrected chi connectivity index (χ1v) is 12.8. The van der Waals surface area contributed by atoms with Crippen molar-refractivity contribution < 1.29 is 9.18 Å². The van der Waals surface area contributed by atoms with Gasteiger partial charge < -0.3 is 14.9 Å². The molecule has 9 heteroatoms. The average molecular weight is 537 g/mol. The molecule has 202 valence electrons. The number of aryl methyl sites for hydroxylation is 1. The second-order valence-corrected chi connectivity index (χ2v) is 10.4. The lowest BCUT2D eigenvalue weighted by Gasteiger charge is -2.22. The van der Waals surface area contributed by atoms with Gasteiger partial charge in [-0.05, 0) is 47.4 Å². The van der Waals surface area contributed by atoms with Crippen LogP contribution in [0.1, 0.15) is 36.7 Å². The van der Waals surface area contributed by atoms with Gasteiger partial charge in [0.25, 0.3) is 11.5 Å². The molecule has 2 N–H and O–H groups in total. The number of amides is 1. The van der Waals surface area contributed by atoms with E-state index in [-0.39, 0.29) is 33.7 Å². The first kappa shape index (κ1) is 26.6. The molecule has 0 atom stereocenters. The van der Waals surface area contributed by atoms with Gasteiger partial charge in [0.2, 0.25) is 5.82 Å². The zero-order chi connectivity index (χ0) is 28.4. The third-order valence-corrected chi connectivity index (χ3v) is 6.53. The Morgan fingerprint density at radius 2 is 1.73 bits per heavy atom. The number of benzene rings is 3. The van der Waals surface area contributed by atoms with E-state index in [0.29, 0.717) is 17.1 Å². The van der Waals surface area contributed by atoms with Gasteiger partial charge in [0.15, 0.2) is 11.6 Å².